The first-order valence-corrected chi connectivity index (χ1v) is 16.5. The van der Waals surface area contributed by atoms with Gasteiger partial charge >= 0.3 is 6.18 Å². The SMILES string of the molecule is [2H]C1=C(SC([2H])([2H])c2c([2H])c([2H])c([2H])c(F)c2F)N(C([2H])([2H])C(=O)N(Cc2c([2H])c([2H])c(-c3c([2H])c([2H])c(C(F)(F)F)c([2H])c3[2H])c([2H])c2[2H])C2CCN(CCOC([2H])([2H])[2H])CC2)c2c([2H])c([2H])c(C)c([2H])c2C1O. The van der Waals surface area contributed by atoms with E-state index in [2.05, 4.69) is 0 Å². The fourth-order valence-electron chi connectivity index (χ4n) is 5.41. The number of aliphatic hydroxyl groups is 1. The summed E-state index contributed by atoms with van der Waals surface area (Å²) in [5, 5.41) is 10.4. The van der Waals surface area contributed by atoms with Crippen molar-refractivity contribution in [2.45, 2.75) is 50.3 Å². The first-order chi connectivity index (χ1) is 34.3. The number of piperidine rings is 1. The summed E-state index contributed by atoms with van der Waals surface area (Å²) in [7, 11) is -2.76. The Morgan fingerprint density at radius 1 is 1.04 bits per heavy atom. The summed E-state index contributed by atoms with van der Waals surface area (Å²) in [6.07, 6.45) is -8.10. The minimum atomic E-state index is -5.41. The second-order valence-corrected chi connectivity index (χ2v) is 12.4. The molecule has 0 saturated carbocycles. The van der Waals surface area contributed by atoms with Crippen molar-refractivity contribution in [3.63, 3.8) is 0 Å². The van der Waals surface area contributed by atoms with Crippen LogP contribution in [-0.4, -0.2) is 66.6 Å². The Hall–Kier alpha value is -4.23. The Morgan fingerprint density at radius 2 is 1.74 bits per heavy atom. The number of rotatable bonds is 12. The predicted molar refractivity (Wildman–Crippen MR) is 198 cm³/mol. The molecule has 1 N–H and O–H groups in total. The largest absolute Gasteiger partial charge is 0.416 e. The number of hydrogen-bond acceptors (Lipinski definition) is 6. The van der Waals surface area contributed by atoms with E-state index in [1.54, 1.807) is 4.90 Å². The Bertz CT molecular complexity index is 2960. The van der Waals surface area contributed by atoms with Gasteiger partial charge in [0, 0.05) is 64.5 Å². The smallest absolute Gasteiger partial charge is 0.384 e. The van der Waals surface area contributed by atoms with Crippen molar-refractivity contribution in [1.29, 1.82) is 0 Å². The van der Waals surface area contributed by atoms with Crippen LogP contribution >= 0.6 is 11.8 Å². The number of aliphatic hydroxyl groups excluding tert-OH is 1. The number of nitrogens with zero attached hydrogens (tertiary/aromatic N) is 3. The van der Waals surface area contributed by atoms with E-state index in [0.717, 1.165) is 6.92 Å². The molecular weight excluding hydrogens is 710 g/mol. The van der Waals surface area contributed by atoms with E-state index in [4.69, 9.17) is 32.2 Å². The topological polar surface area (TPSA) is 56.3 Å². The molecule has 1 saturated heterocycles. The quantitative estimate of drug-likeness (QED) is 0.146. The van der Waals surface area contributed by atoms with Gasteiger partial charge in [-0.05, 0) is 66.7 Å². The molecule has 1 atom stereocenters. The van der Waals surface area contributed by atoms with Gasteiger partial charge in [-0.25, -0.2) is 8.78 Å². The number of likely N-dealkylation sites (tertiary alicyclic amines) is 1. The Kier molecular flexibility index (Phi) is 6.16. The molecule has 6 rings (SSSR count). The molecule has 4 aromatic rings. The minimum absolute atomic E-state index is 0.00294. The number of anilines is 1. The third kappa shape index (κ3) is 9.29. The van der Waals surface area contributed by atoms with Crippen molar-refractivity contribution in [2.75, 3.05) is 44.7 Å². The lowest BCUT2D eigenvalue weighted by atomic mass is 9.99. The summed E-state index contributed by atoms with van der Waals surface area (Å²) in [5.41, 5.74) is -12.0. The summed E-state index contributed by atoms with van der Waals surface area (Å²) >= 11 is -0.429. The second-order valence-electron chi connectivity index (χ2n) is 11.6. The van der Waals surface area contributed by atoms with Gasteiger partial charge in [-0.1, -0.05) is 66.0 Å². The maximum Gasteiger partial charge on any atom is 0.416 e. The molecule has 0 radical (unpaired) electrons. The van der Waals surface area contributed by atoms with Crippen LogP contribution in [0.5, 0.6) is 0 Å². The summed E-state index contributed by atoms with van der Waals surface area (Å²) in [6, 6.07) is -19.7. The van der Waals surface area contributed by atoms with Crippen molar-refractivity contribution < 1.29 is 66.7 Å². The van der Waals surface area contributed by atoms with Crippen LogP contribution in [0.25, 0.3) is 11.1 Å². The third-order valence-electron chi connectivity index (χ3n) is 8.07. The molecule has 0 spiro atoms. The lowest BCUT2D eigenvalue weighted by Gasteiger charge is -2.40. The van der Waals surface area contributed by atoms with Crippen LogP contribution in [-0.2, 0) is 28.0 Å². The fourth-order valence-corrected chi connectivity index (χ4v) is 6.15. The van der Waals surface area contributed by atoms with E-state index < -0.39 is 208 Å². The molecule has 0 aromatic heterocycles. The number of benzene rings is 4. The third-order valence-corrected chi connectivity index (χ3v) is 8.87. The zero-order valence-corrected chi connectivity index (χ0v) is 28.3. The monoisotopic (exact) mass is 773 g/mol. The van der Waals surface area contributed by atoms with Gasteiger partial charge in [0.15, 0.2) is 11.6 Å². The van der Waals surface area contributed by atoms with E-state index in [-0.39, 0.29) is 49.5 Å². The molecule has 0 aliphatic carbocycles. The van der Waals surface area contributed by atoms with Gasteiger partial charge in [-0.15, -0.1) is 11.8 Å². The Balaban J connectivity index is 1.57. The average molecular weight is 774 g/mol. The van der Waals surface area contributed by atoms with Gasteiger partial charge in [0.05, 0.1) is 44.6 Å². The summed E-state index contributed by atoms with van der Waals surface area (Å²) in [6.45, 7) is -4.15. The first kappa shape index (κ1) is 19.4. The van der Waals surface area contributed by atoms with Gasteiger partial charge in [-0.2, -0.15) is 13.2 Å². The van der Waals surface area contributed by atoms with Gasteiger partial charge in [0.2, 0.25) is 5.91 Å². The fraction of sp³-hybridized carbons (Fsp3) is 0.341. The van der Waals surface area contributed by atoms with Gasteiger partial charge in [0.1, 0.15) is 12.6 Å². The molecule has 53 heavy (non-hydrogen) atoms. The average Bonchev–Trinajstić information content (AvgIpc) is 3.31. The molecule has 2 aliphatic rings. The molecule has 1 amide bonds. The highest BCUT2D eigenvalue weighted by molar-refractivity contribution is 8.02. The van der Waals surface area contributed by atoms with Crippen molar-refractivity contribution in [2.24, 2.45) is 0 Å². The number of amides is 1. The maximum absolute atomic E-state index is 15.6. The molecule has 6 nitrogen and oxygen atoms in total. The number of hydrogen-bond donors (Lipinski definition) is 1. The van der Waals surface area contributed by atoms with Crippen molar-refractivity contribution in [3.05, 3.63) is 135 Å². The zero-order chi connectivity index (χ0) is 56.8. The molecule has 2 aliphatic heterocycles. The Labute approximate surface area is 341 Å². The van der Waals surface area contributed by atoms with E-state index in [9.17, 15) is 25.4 Å². The number of halogens is 5. The van der Waals surface area contributed by atoms with E-state index in [0.29, 0.717) is 4.90 Å². The number of alkyl halides is 3. The number of methoxy groups -OCH3 is 1. The molecule has 2 heterocycles. The summed E-state index contributed by atoms with van der Waals surface area (Å²) in [5.74, 6) is -6.01. The molecule has 4 aromatic carbocycles. The van der Waals surface area contributed by atoms with Crippen molar-refractivity contribution in [1.82, 2.24) is 9.80 Å². The summed E-state index contributed by atoms with van der Waals surface area (Å²) < 4.78 is 264. The predicted octanol–water partition coefficient (Wildman–Crippen LogP) is 8.73. The van der Waals surface area contributed by atoms with Crippen LogP contribution in [0, 0.1) is 18.6 Å². The number of carbonyl (C=O) groups excluding carboxylic acids is 1. The number of carbonyl (C=O) groups is 1. The van der Waals surface area contributed by atoms with Crippen molar-refractivity contribution >= 4 is 23.4 Å². The van der Waals surface area contributed by atoms with E-state index >= 15 is 9.18 Å². The molecule has 0 bridgehead atoms. The highest BCUT2D eigenvalue weighted by atomic mass is 32.2. The maximum atomic E-state index is 15.6. The normalized spacial score (nSPS) is 23.6. The van der Waals surface area contributed by atoms with Gasteiger partial charge in [-0.3, -0.25) is 4.79 Å². The number of fused-ring (bicyclic) bond motifs is 1. The highest BCUT2D eigenvalue weighted by Crippen LogP contribution is 2.41. The van der Waals surface area contributed by atoms with Gasteiger partial charge in [0.25, 0.3) is 0 Å². The molecule has 1 unspecified atom stereocenters. The molecule has 12 heteroatoms. The van der Waals surface area contributed by atoms with E-state index in [1.807, 2.05) is 0 Å². The second kappa shape index (κ2) is 16.8. The van der Waals surface area contributed by atoms with Crippen LogP contribution in [0.15, 0.2) is 95.7 Å². The van der Waals surface area contributed by atoms with E-state index in [1.165, 1.54) is 0 Å². The Morgan fingerprint density at radius 3 is 2.42 bits per heavy atom. The van der Waals surface area contributed by atoms with Crippen LogP contribution in [0.1, 0.15) is 76.9 Å². The first-order valence-electron chi connectivity index (χ1n) is 26.7. The van der Waals surface area contributed by atoms with Crippen LogP contribution in [0.3, 0.4) is 0 Å². The number of ether oxygens (including phenoxy) is 1. The van der Waals surface area contributed by atoms with Crippen molar-refractivity contribution in [3.8, 4) is 11.1 Å². The van der Waals surface area contributed by atoms with Gasteiger partial charge < -0.3 is 24.5 Å². The molecule has 1 fully saturated rings. The number of thioether (sulfide) groups is 1. The van der Waals surface area contributed by atoms with Crippen LogP contribution in [0.2, 0.25) is 0 Å². The minimum Gasteiger partial charge on any atom is -0.384 e. The standard InChI is InChI=1S/C41H42F5N3O3S/c1-27-6-15-36-34(22-27)37(50)23-39(53-26-31-4-3-5-35(42)40(31)43)49(36)25-38(51)48(33-16-18-47(19-17-33)20-21-52-2)24-28-7-9-29(10-8-28)30-11-13-32(14-12-30)41(44,45)46/h3-15,22-23,33,37,50H,16-21,24-26H2,1-2H3/i2D3,3D,4D,5D,6D,7D,8D,9D,10D,11D,12D,13D,14D,15D,22D,23D,25D2,26D2. The van der Waals surface area contributed by atoms with Crippen LogP contribution < -0.4 is 4.90 Å². The lowest BCUT2D eigenvalue weighted by Crippen LogP contribution is -2.50. The highest BCUT2D eigenvalue weighted by Gasteiger charge is 2.33. The van der Waals surface area contributed by atoms with Crippen LogP contribution in [0.4, 0.5) is 27.6 Å². The molecular formula is C41H42F5N3O3S. The summed E-state index contributed by atoms with van der Waals surface area (Å²) in [4.78, 5) is 18.0. The zero-order valence-electron chi connectivity index (χ0n) is 49.5. The lowest BCUT2D eigenvalue weighted by molar-refractivity contribution is -0.137. The molecule has 280 valence electrons.